The highest BCUT2D eigenvalue weighted by Crippen LogP contribution is 2.62. The van der Waals surface area contributed by atoms with Gasteiger partial charge in [-0.15, -0.1) is 0 Å². The third kappa shape index (κ3) is 8.55. The molecule has 3 aliphatic heterocycles. The number of rotatable bonds is 8. The molecule has 14 aromatic carbocycles. The van der Waals surface area contributed by atoms with E-state index in [9.17, 15) is 0 Å². The van der Waals surface area contributed by atoms with Gasteiger partial charge in [0.2, 0.25) is 0 Å². The fourth-order valence-corrected chi connectivity index (χ4v) is 15.7. The Labute approximate surface area is 533 Å². The second-order valence-corrected chi connectivity index (χ2v) is 27.1. The largest absolute Gasteiger partial charge is 0.310 e. The van der Waals surface area contributed by atoms with Crippen LogP contribution in [-0.2, 0) is 16.2 Å². The fraction of sp³-hybridized carbons (Fsp3) is 0.114. The smallest absolute Gasteiger partial charge is 0.0543 e. The van der Waals surface area contributed by atoms with E-state index in [0.717, 1.165) is 46.2 Å². The van der Waals surface area contributed by atoms with Gasteiger partial charge in [-0.2, -0.15) is 0 Å². The van der Waals surface area contributed by atoms with Gasteiger partial charge >= 0.3 is 0 Å². The van der Waals surface area contributed by atoms with Crippen molar-refractivity contribution in [2.45, 2.75) is 64.2 Å². The molecule has 0 amide bonds. The Morgan fingerprint density at radius 1 is 0.330 bits per heavy atom. The molecule has 0 aromatic heterocycles. The average Bonchev–Trinajstić information content (AvgIpc) is 0.690. The average molecular weight is 1170 g/mol. The molecule has 3 aliphatic rings. The molecule has 0 fully saturated rings. The van der Waals surface area contributed by atoms with Crippen LogP contribution in [0.5, 0.6) is 0 Å². The molecule has 0 N–H and O–H groups in total. The first kappa shape index (κ1) is 54.4. The lowest BCUT2D eigenvalue weighted by Crippen LogP contribution is -2.42. The highest BCUT2D eigenvalue weighted by molar-refractivity contribution is 6.08. The third-order valence-corrected chi connectivity index (χ3v) is 20.6. The van der Waals surface area contributed by atoms with Crippen LogP contribution in [0.4, 0.5) is 45.5 Å². The zero-order valence-corrected chi connectivity index (χ0v) is 52.4. The van der Waals surface area contributed by atoms with E-state index >= 15 is 0 Å². The van der Waals surface area contributed by atoms with Crippen LogP contribution in [0.2, 0.25) is 0 Å². The topological polar surface area (TPSA) is 9.72 Å². The van der Waals surface area contributed by atoms with Crippen molar-refractivity contribution in [3.63, 3.8) is 0 Å². The Morgan fingerprint density at radius 3 is 1.21 bits per heavy atom. The van der Waals surface area contributed by atoms with Crippen LogP contribution in [-0.4, -0.2) is 0 Å². The molecule has 3 heteroatoms. The molecule has 0 atom stereocenters. The van der Waals surface area contributed by atoms with Crippen LogP contribution >= 0.6 is 0 Å². The van der Waals surface area contributed by atoms with Gasteiger partial charge in [-0.25, -0.2) is 0 Å². The van der Waals surface area contributed by atoms with Crippen LogP contribution in [0.1, 0.15) is 75.8 Å². The summed E-state index contributed by atoms with van der Waals surface area (Å²) in [5.41, 5.74) is 20.8. The van der Waals surface area contributed by atoms with Crippen LogP contribution in [0.15, 0.2) is 303 Å². The number of para-hydroxylation sites is 1. The maximum absolute atomic E-state index is 5.15. The van der Waals surface area contributed by atoms with Crippen molar-refractivity contribution >= 4 is 116 Å². The lowest BCUT2D eigenvalue weighted by molar-refractivity contribution is 0.525. The molecule has 91 heavy (non-hydrogen) atoms. The second kappa shape index (κ2) is 20.4. The van der Waals surface area contributed by atoms with Crippen LogP contribution in [0.25, 0.3) is 81.3 Å². The van der Waals surface area contributed by atoms with Crippen LogP contribution in [0.3, 0.4) is 0 Å². The normalized spacial score (nSPS) is 16.4. The highest BCUT2D eigenvalue weighted by Gasteiger charge is 2.49. The Bertz CT molecular complexity index is 5300. The molecular weight excluding hydrogens is 1100 g/mol. The van der Waals surface area contributed by atoms with E-state index in [0.29, 0.717) is 0 Å². The van der Waals surface area contributed by atoms with E-state index in [2.05, 4.69) is 341 Å². The molecule has 14 aromatic rings. The SMILES string of the molecule is C=C1/C2=C\C(c3ccc4cc(N(c5cccc6ccccc56)c5cccc6ccccc56)ccc4c3)=C/CC(C)(C)c3cccc4c3N1c1c(cc(-c3ccc5cc(N(c6cccc7ccccc67)c6cccc7ccccc67)ccc5c3)cc1C4(C)C)C2(C)C. The van der Waals surface area contributed by atoms with Crippen LogP contribution < -0.4 is 14.7 Å². The van der Waals surface area contributed by atoms with Crippen molar-refractivity contribution in [1.82, 2.24) is 0 Å². The molecule has 0 saturated carbocycles. The van der Waals surface area contributed by atoms with E-state index < -0.39 is 5.41 Å². The Morgan fingerprint density at radius 2 is 0.714 bits per heavy atom. The summed E-state index contributed by atoms with van der Waals surface area (Å²) in [5, 5.41) is 14.5. The first-order valence-electron chi connectivity index (χ1n) is 32.1. The van der Waals surface area contributed by atoms with Crippen molar-refractivity contribution in [2.75, 3.05) is 14.7 Å². The molecule has 2 bridgehead atoms. The van der Waals surface area contributed by atoms with Crippen LogP contribution in [0, 0.1) is 0 Å². The maximum Gasteiger partial charge on any atom is 0.0543 e. The van der Waals surface area contributed by atoms with E-state index in [-0.39, 0.29) is 10.8 Å². The molecular formula is C88H69N3. The quantitative estimate of drug-likeness (QED) is 0.150. The molecule has 17 rings (SSSR count). The minimum absolute atomic E-state index is 0.215. The third-order valence-electron chi connectivity index (χ3n) is 20.6. The van der Waals surface area contributed by atoms with Crippen molar-refractivity contribution in [3.05, 3.63) is 331 Å². The zero-order chi connectivity index (χ0) is 61.5. The number of fused-ring (bicyclic) bond motifs is 7. The van der Waals surface area contributed by atoms with Gasteiger partial charge in [0, 0.05) is 49.4 Å². The van der Waals surface area contributed by atoms with Gasteiger partial charge in [-0.05, 0) is 184 Å². The number of anilines is 8. The Balaban J connectivity index is 0.790. The van der Waals surface area contributed by atoms with E-state index in [4.69, 9.17) is 6.58 Å². The monoisotopic (exact) mass is 1170 g/mol. The van der Waals surface area contributed by atoms with Gasteiger partial charge in [0.25, 0.3) is 0 Å². The van der Waals surface area contributed by atoms with Crippen molar-refractivity contribution in [3.8, 4) is 11.1 Å². The van der Waals surface area contributed by atoms with E-state index in [1.807, 2.05) is 0 Å². The summed E-state index contributed by atoms with van der Waals surface area (Å²) in [5.74, 6) is 0. The summed E-state index contributed by atoms with van der Waals surface area (Å²) in [6.45, 7) is 19.8. The fourth-order valence-electron chi connectivity index (χ4n) is 15.7. The van der Waals surface area contributed by atoms with Crippen molar-refractivity contribution in [2.24, 2.45) is 0 Å². The number of allylic oxidation sites excluding steroid dienone is 4. The van der Waals surface area contributed by atoms with Crippen molar-refractivity contribution < 1.29 is 0 Å². The molecule has 3 nitrogen and oxygen atoms in total. The molecule has 0 unspecified atom stereocenters. The molecule has 0 saturated heterocycles. The number of hydrogen-bond donors (Lipinski definition) is 0. The van der Waals surface area contributed by atoms with Gasteiger partial charge in [-0.1, -0.05) is 254 Å². The number of hydrogen-bond acceptors (Lipinski definition) is 3. The minimum Gasteiger partial charge on any atom is -0.310 e. The number of nitrogens with zero attached hydrogens (tertiary/aromatic N) is 3. The Kier molecular flexibility index (Phi) is 12.2. The summed E-state index contributed by atoms with van der Waals surface area (Å²) in [4.78, 5) is 7.48. The summed E-state index contributed by atoms with van der Waals surface area (Å²) >= 11 is 0. The molecule has 0 spiro atoms. The van der Waals surface area contributed by atoms with Crippen molar-refractivity contribution in [1.29, 1.82) is 0 Å². The van der Waals surface area contributed by atoms with Gasteiger partial charge in [-0.3, -0.25) is 0 Å². The van der Waals surface area contributed by atoms with Gasteiger partial charge in [0.1, 0.15) is 0 Å². The second-order valence-electron chi connectivity index (χ2n) is 27.1. The molecule has 0 radical (unpaired) electrons. The first-order valence-corrected chi connectivity index (χ1v) is 32.1. The minimum atomic E-state index is -0.430. The highest BCUT2D eigenvalue weighted by atomic mass is 15.2. The first-order chi connectivity index (χ1) is 44.3. The standard InChI is InChI=1S/C88H69N3/c1-56-77-53-67(61-39-41-65-51-69(45-43-62(65)49-61)90(80-35-16-25-57-21-8-12-29-71(57)80)81-36-17-26-58-22-9-13-30-72(58)81)47-48-86(2,3)75-33-20-34-76-84(75)89(56)85-78(87(76,4)5)54-68(55-79(85)88(77,6)7)64-40-42-66-52-70(46-44-63(66)50-64)91(82-37-18-27-59-23-10-14-31-73(59)82)83-38-19-28-60-24-11-15-32-74(60)83/h8-47,49-55H,1,48H2,2-7H3/b67-47+,77-53+. The van der Waals surface area contributed by atoms with Gasteiger partial charge in [0.15, 0.2) is 0 Å². The molecule has 0 aliphatic carbocycles. The zero-order valence-electron chi connectivity index (χ0n) is 52.4. The summed E-state index contributed by atoms with van der Waals surface area (Å²) in [7, 11) is 0. The number of benzene rings is 14. The lowest BCUT2D eigenvalue weighted by Gasteiger charge is -2.52. The maximum atomic E-state index is 5.15. The predicted octanol–water partition coefficient (Wildman–Crippen LogP) is 24.5. The van der Waals surface area contributed by atoms with E-state index in [1.165, 1.54) is 126 Å². The van der Waals surface area contributed by atoms with E-state index in [1.54, 1.807) is 0 Å². The molecule has 3 heterocycles. The molecule has 436 valence electrons. The Hall–Kier alpha value is -10.7. The summed E-state index contributed by atoms with van der Waals surface area (Å²) in [6, 6.07) is 102. The van der Waals surface area contributed by atoms with Gasteiger partial charge < -0.3 is 14.7 Å². The summed E-state index contributed by atoms with van der Waals surface area (Å²) < 4.78 is 0. The lowest BCUT2D eigenvalue weighted by atomic mass is 9.63. The van der Waals surface area contributed by atoms with Gasteiger partial charge in [0.05, 0.1) is 34.1 Å². The predicted molar refractivity (Wildman–Crippen MR) is 389 cm³/mol. The summed E-state index contributed by atoms with van der Waals surface area (Å²) in [6.07, 6.45) is 5.86.